The summed E-state index contributed by atoms with van der Waals surface area (Å²) >= 11 is 0. The molecule has 0 fully saturated rings. The maximum atomic E-state index is 12.8. The molecule has 1 N–H and O–H groups in total. The van der Waals surface area contributed by atoms with Crippen molar-refractivity contribution in [2.24, 2.45) is 0 Å². The van der Waals surface area contributed by atoms with Crippen LogP contribution in [0.1, 0.15) is 22.3 Å². The quantitative estimate of drug-likeness (QED) is 0.632. The van der Waals surface area contributed by atoms with Crippen LogP contribution in [-0.2, 0) is 4.79 Å². The molecule has 4 nitrogen and oxygen atoms in total. The molecule has 1 aliphatic heterocycles. The van der Waals surface area contributed by atoms with E-state index in [1.807, 2.05) is 50.2 Å². The number of rotatable bonds is 4. The number of nitrogens with one attached hydrogen (secondary N) is 1. The molecule has 0 radical (unpaired) electrons. The van der Waals surface area contributed by atoms with E-state index in [9.17, 15) is 4.79 Å². The van der Waals surface area contributed by atoms with Gasteiger partial charge in [0.15, 0.2) is 11.5 Å². The molecule has 0 saturated carbocycles. The monoisotopic (exact) mass is 385 g/mol. The van der Waals surface area contributed by atoms with Crippen LogP contribution in [0, 0.1) is 13.8 Å². The summed E-state index contributed by atoms with van der Waals surface area (Å²) in [5.41, 5.74) is 5.90. The number of ether oxygens (including phenoxy) is 2. The van der Waals surface area contributed by atoms with Crippen molar-refractivity contribution in [1.29, 1.82) is 0 Å². The van der Waals surface area contributed by atoms with Crippen molar-refractivity contribution >= 4 is 17.2 Å². The Bertz CT molecular complexity index is 1000. The molecule has 0 bridgehead atoms. The van der Waals surface area contributed by atoms with Gasteiger partial charge in [0.25, 0.3) is 0 Å². The Balaban J connectivity index is 1.63. The SMILES string of the molecule is Cc1ccc(C(=CC(=O)Nc2ccc3c(c2)OCCO3)c2ccc(C)cc2)cc1. The highest BCUT2D eigenvalue weighted by atomic mass is 16.6. The lowest BCUT2D eigenvalue weighted by Gasteiger charge is -2.19. The topological polar surface area (TPSA) is 47.6 Å². The van der Waals surface area contributed by atoms with Gasteiger partial charge in [-0.2, -0.15) is 0 Å². The lowest BCUT2D eigenvalue weighted by atomic mass is 9.96. The second kappa shape index (κ2) is 8.23. The van der Waals surface area contributed by atoms with Crippen molar-refractivity contribution in [3.8, 4) is 11.5 Å². The van der Waals surface area contributed by atoms with Gasteiger partial charge >= 0.3 is 0 Å². The first-order chi connectivity index (χ1) is 14.1. The number of benzene rings is 3. The molecular formula is C25H23NO3. The number of anilines is 1. The lowest BCUT2D eigenvalue weighted by molar-refractivity contribution is -0.111. The fourth-order valence-corrected chi connectivity index (χ4v) is 3.23. The van der Waals surface area contributed by atoms with Gasteiger partial charge in [-0.1, -0.05) is 59.7 Å². The first-order valence-corrected chi connectivity index (χ1v) is 9.65. The van der Waals surface area contributed by atoms with Gasteiger partial charge < -0.3 is 14.8 Å². The van der Waals surface area contributed by atoms with Crippen LogP contribution in [0.3, 0.4) is 0 Å². The van der Waals surface area contributed by atoms with Crippen LogP contribution in [0.25, 0.3) is 5.57 Å². The molecule has 3 aromatic carbocycles. The van der Waals surface area contributed by atoms with Gasteiger partial charge in [0, 0.05) is 17.8 Å². The zero-order chi connectivity index (χ0) is 20.2. The normalized spacial score (nSPS) is 12.2. The Kier molecular flexibility index (Phi) is 5.34. The Hall–Kier alpha value is -3.53. The third-order valence-corrected chi connectivity index (χ3v) is 4.81. The molecule has 146 valence electrons. The number of carbonyl (C=O) groups excluding carboxylic acids is 1. The van der Waals surface area contributed by atoms with E-state index >= 15 is 0 Å². The summed E-state index contributed by atoms with van der Waals surface area (Å²) in [6, 6.07) is 21.8. The number of carbonyl (C=O) groups is 1. The number of aryl methyl sites for hydroxylation is 2. The van der Waals surface area contributed by atoms with Gasteiger partial charge in [-0.15, -0.1) is 0 Å². The summed E-state index contributed by atoms with van der Waals surface area (Å²) in [5.74, 6) is 1.15. The van der Waals surface area contributed by atoms with Crippen molar-refractivity contribution < 1.29 is 14.3 Å². The third kappa shape index (κ3) is 4.49. The molecule has 1 heterocycles. The molecule has 1 amide bonds. The minimum atomic E-state index is -0.196. The van der Waals surface area contributed by atoms with Gasteiger partial charge in [-0.05, 0) is 42.7 Å². The van der Waals surface area contributed by atoms with E-state index in [1.54, 1.807) is 12.1 Å². The number of amides is 1. The molecule has 0 unspecified atom stereocenters. The zero-order valence-corrected chi connectivity index (χ0v) is 16.6. The predicted molar refractivity (Wildman–Crippen MR) is 115 cm³/mol. The second-order valence-electron chi connectivity index (χ2n) is 7.14. The number of fused-ring (bicyclic) bond motifs is 1. The average molecular weight is 385 g/mol. The first-order valence-electron chi connectivity index (χ1n) is 9.65. The van der Waals surface area contributed by atoms with E-state index in [2.05, 4.69) is 29.6 Å². The fraction of sp³-hybridized carbons (Fsp3) is 0.160. The van der Waals surface area contributed by atoms with E-state index in [0.29, 0.717) is 30.4 Å². The summed E-state index contributed by atoms with van der Waals surface area (Å²) in [5, 5.41) is 2.93. The summed E-state index contributed by atoms with van der Waals surface area (Å²) < 4.78 is 11.1. The first kappa shape index (κ1) is 18.8. The van der Waals surface area contributed by atoms with Crippen LogP contribution in [0.5, 0.6) is 11.5 Å². The highest BCUT2D eigenvalue weighted by Gasteiger charge is 2.13. The van der Waals surface area contributed by atoms with Crippen molar-refractivity contribution in [3.05, 3.63) is 95.1 Å². The summed E-state index contributed by atoms with van der Waals surface area (Å²) in [6.07, 6.45) is 1.64. The molecule has 4 rings (SSSR count). The molecule has 0 aromatic heterocycles. The van der Waals surface area contributed by atoms with Gasteiger partial charge in [0.2, 0.25) is 5.91 Å². The number of hydrogen-bond acceptors (Lipinski definition) is 3. The highest BCUT2D eigenvalue weighted by molar-refractivity contribution is 6.06. The van der Waals surface area contributed by atoms with E-state index in [0.717, 1.165) is 16.7 Å². The highest BCUT2D eigenvalue weighted by Crippen LogP contribution is 2.32. The summed E-state index contributed by atoms with van der Waals surface area (Å²) in [6.45, 7) is 5.15. The van der Waals surface area contributed by atoms with Crippen LogP contribution in [0.15, 0.2) is 72.8 Å². The smallest absolute Gasteiger partial charge is 0.249 e. The Labute approximate surface area is 170 Å². The summed E-state index contributed by atoms with van der Waals surface area (Å²) in [7, 11) is 0. The molecule has 0 aliphatic carbocycles. The van der Waals surface area contributed by atoms with Crippen LogP contribution in [0.2, 0.25) is 0 Å². The molecule has 3 aromatic rings. The van der Waals surface area contributed by atoms with Crippen molar-refractivity contribution in [2.45, 2.75) is 13.8 Å². The van der Waals surface area contributed by atoms with Crippen LogP contribution >= 0.6 is 0 Å². The van der Waals surface area contributed by atoms with Crippen molar-refractivity contribution in [1.82, 2.24) is 0 Å². The van der Waals surface area contributed by atoms with Crippen molar-refractivity contribution in [3.63, 3.8) is 0 Å². The lowest BCUT2D eigenvalue weighted by Crippen LogP contribution is -2.16. The van der Waals surface area contributed by atoms with E-state index in [1.165, 1.54) is 11.1 Å². The third-order valence-electron chi connectivity index (χ3n) is 4.81. The van der Waals surface area contributed by atoms with Crippen LogP contribution in [0.4, 0.5) is 5.69 Å². The zero-order valence-electron chi connectivity index (χ0n) is 16.6. The van der Waals surface area contributed by atoms with E-state index in [-0.39, 0.29) is 5.91 Å². The van der Waals surface area contributed by atoms with Crippen LogP contribution in [-0.4, -0.2) is 19.1 Å². The average Bonchev–Trinajstić information content (AvgIpc) is 2.73. The largest absolute Gasteiger partial charge is 0.486 e. The van der Waals surface area contributed by atoms with Crippen molar-refractivity contribution in [2.75, 3.05) is 18.5 Å². The molecule has 1 aliphatic rings. The Morgan fingerprint density at radius 3 is 1.93 bits per heavy atom. The Morgan fingerprint density at radius 1 is 0.793 bits per heavy atom. The summed E-state index contributed by atoms with van der Waals surface area (Å²) in [4.78, 5) is 12.8. The molecule has 29 heavy (non-hydrogen) atoms. The van der Waals surface area contributed by atoms with E-state index in [4.69, 9.17) is 9.47 Å². The molecule has 0 spiro atoms. The molecule has 0 atom stereocenters. The number of hydrogen-bond donors (Lipinski definition) is 1. The maximum Gasteiger partial charge on any atom is 0.249 e. The van der Waals surface area contributed by atoms with Gasteiger partial charge in [-0.25, -0.2) is 0 Å². The van der Waals surface area contributed by atoms with E-state index < -0.39 is 0 Å². The maximum absolute atomic E-state index is 12.8. The minimum absolute atomic E-state index is 0.196. The predicted octanol–water partition coefficient (Wildman–Crippen LogP) is 5.15. The molecule has 4 heteroatoms. The standard InChI is InChI=1S/C25H23NO3/c1-17-3-7-19(8-4-17)22(20-9-5-18(2)6-10-20)16-25(27)26-21-11-12-23-24(15-21)29-14-13-28-23/h3-12,15-16H,13-14H2,1-2H3,(H,26,27). The molecular weight excluding hydrogens is 362 g/mol. The minimum Gasteiger partial charge on any atom is -0.486 e. The van der Waals surface area contributed by atoms with Gasteiger partial charge in [0.1, 0.15) is 13.2 Å². The molecule has 0 saturated heterocycles. The van der Waals surface area contributed by atoms with Gasteiger partial charge in [0.05, 0.1) is 0 Å². The fourth-order valence-electron chi connectivity index (χ4n) is 3.23. The second-order valence-corrected chi connectivity index (χ2v) is 7.14. The Morgan fingerprint density at radius 2 is 1.34 bits per heavy atom. The van der Waals surface area contributed by atoms with Gasteiger partial charge in [-0.3, -0.25) is 4.79 Å². The van der Waals surface area contributed by atoms with Crippen LogP contribution < -0.4 is 14.8 Å².